The van der Waals surface area contributed by atoms with Gasteiger partial charge in [0.25, 0.3) is 0 Å². The van der Waals surface area contributed by atoms with E-state index < -0.39 is 5.51 Å². The van der Waals surface area contributed by atoms with Gasteiger partial charge >= 0.3 is 5.51 Å². The summed E-state index contributed by atoms with van der Waals surface area (Å²) in [4.78, 5) is 0.0592. The summed E-state index contributed by atoms with van der Waals surface area (Å²) in [7, 11) is 0. The van der Waals surface area contributed by atoms with Crippen molar-refractivity contribution < 1.29 is 17.9 Å². The summed E-state index contributed by atoms with van der Waals surface area (Å²) in [6, 6.07) is 4.08. The van der Waals surface area contributed by atoms with E-state index in [4.69, 9.17) is 10.6 Å². The number of rotatable bonds is 4. The Kier molecular flexibility index (Phi) is 4.31. The van der Waals surface area contributed by atoms with Gasteiger partial charge in [-0.3, -0.25) is 5.84 Å². The summed E-state index contributed by atoms with van der Waals surface area (Å²) >= 11 is -0.194. The second-order valence-corrected chi connectivity index (χ2v) is 3.92. The zero-order valence-electron chi connectivity index (χ0n) is 8.47. The van der Waals surface area contributed by atoms with Gasteiger partial charge < -0.3 is 10.2 Å². The first kappa shape index (κ1) is 13.0. The Hall–Kier alpha value is -1.08. The van der Waals surface area contributed by atoms with Crippen LogP contribution in [0.5, 0.6) is 5.75 Å². The minimum absolute atomic E-state index is 0.0592. The fraction of sp³-hybridized carbons (Fsp3) is 0.333. The number of thioether (sulfide) groups is 1. The smallest absolute Gasteiger partial charge is 0.446 e. The summed E-state index contributed by atoms with van der Waals surface area (Å²) in [5, 5.41) is 0. The molecule has 0 amide bonds. The van der Waals surface area contributed by atoms with Crippen LogP contribution in [0, 0.1) is 0 Å². The lowest BCUT2D eigenvalue weighted by molar-refractivity contribution is -0.0328. The van der Waals surface area contributed by atoms with Crippen molar-refractivity contribution >= 4 is 17.4 Å². The molecule has 0 unspecified atom stereocenters. The number of nitrogens with one attached hydrogen (secondary N) is 1. The fourth-order valence-corrected chi connectivity index (χ4v) is 1.68. The molecule has 16 heavy (non-hydrogen) atoms. The monoisotopic (exact) mass is 252 g/mol. The Morgan fingerprint density at radius 2 is 2.12 bits per heavy atom. The van der Waals surface area contributed by atoms with Crippen molar-refractivity contribution in [2.75, 3.05) is 12.0 Å². The van der Waals surface area contributed by atoms with E-state index in [1.54, 1.807) is 6.92 Å². The molecule has 0 atom stereocenters. The van der Waals surface area contributed by atoms with E-state index >= 15 is 0 Å². The van der Waals surface area contributed by atoms with Crippen molar-refractivity contribution in [3.63, 3.8) is 0 Å². The maximum atomic E-state index is 12.1. The summed E-state index contributed by atoms with van der Waals surface area (Å²) < 4.78 is 41.5. The molecule has 0 spiro atoms. The number of ether oxygens (including phenoxy) is 1. The number of nitrogens with two attached hydrogens (primary N) is 1. The molecule has 1 aromatic carbocycles. The maximum absolute atomic E-state index is 12.1. The second-order valence-electron chi connectivity index (χ2n) is 2.78. The van der Waals surface area contributed by atoms with Gasteiger partial charge in [0.2, 0.25) is 0 Å². The molecule has 1 aromatic rings. The van der Waals surface area contributed by atoms with Crippen LogP contribution in [0.4, 0.5) is 18.9 Å². The van der Waals surface area contributed by atoms with Crippen LogP contribution in [0.2, 0.25) is 0 Å². The number of nitrogen functional groups attached to an aromatic ring is 1. The van der Waals surface area contributed by atoms with E-state index in [1.807, 2.05) is 0 Å². The van der Waals surface area contributed by atoms with Crippen molar-refractivity contribution in [2.45, 2.75) is 17.3 Å². The van der Waals surface area contributed by atoms with Crippen molar-refractivity contribution in [3.05, 3.63) is 18.2 Å². The lowest BCUT2D eigenvalue weighted by atomic mass is 10.3. The van der Waals surface area contributed by atoms with Crippen molar-refractivity contribution in [1.29, 1.82) is 0 Å². The molecule has 0 saturated heterocycles. The molecule has 0 aromatic heterocycles. The molecule has 3 N–H and O–H groups in total. The largest absolute Gasteiger partial charge is 0.492 e. The molecule has 0 radical (unpaired) electrons. The highest BCUT2D eigenvalue weighted by atomic mass is 32.2. The zero-order valence-corrected chi connectivity index (χ0v) is 9.28. The molecule has 7 heteroatoms. The topological polar surface area (TPSA) is 47.3 Å². The Balaban J connectivity index is 2.90. The minimum Gasteiger partial charge on any atom is -0.492 e. The number of anilines is 1. The normalized spacial score (nSPS) is 11.3. The summed E-state index contributed by atoms with van der Waals surface area (Å²) in [5.41, 5.74) is -1.68. The standard InChI is InChI=1S/C9H11F3N2OS/c1-2-15-8-4-3-6(5-7(8)14-13)16-9(10,11)12/h3-5,14H,2,13H2,1H3. The van der Waals surface area contributed by atoms with Crippen LogP contribution < -0.4 is 16.0 Å². The Labute approximate surface area is 95.1 Å². The van der Waals surface area contributed by atoms with Gasteiger partial charge in [-0.25, -0.2) is 0 Å². The van der Waals surface area contributed by atoms with Crippen LogP contribution in [0.15, 0.2) is 23.1 Å². The highest BCUT2D eigenvalue weighted by molar-refractivity contribution is 8.00. The van der Waals surface area contributed by atoms with Gasteiger partial charge in [-0.1, -0.05) is 0 Å². The molecule has 1 rings (SSSR count). The number of hydrogen-bond donors (Lipinski definition) is 2. The summed E-state index contributed by atoms with van der Waals surface area (Å²) in [6.07, 6.45) is 0. The van der Waals surface area contributed by atoms with E-state index in [0.29, 0.717) is 18.0 Å². The first-order valence-corrected chi connectivity index (χ1v) is 5.27. The van der Waals surface area contributed by atoms with Crippen LogP contribution in [0.3, 0.4) is 0 Å². The van der Waals surface area contributed by atoms with E-state index in [9.17, 15) is 13.2 Å². The van der Waals surface area contributed by atoms with Crippen molar-refractivity contribution in [2.24, 2.45) is 5.84 Å². The average Bonchev–Trinajstić information content (AvgIpc) is 2.18. The van der Waals surface area contributed by atoms with Crippen LogP contribution in [0.25, 0.3) is 0 Å². The second kappa shape index (κ2) is 5.31. The summed E-state index contributed by atoms with van der Waals surface area (Å²) in [6.45, 7) is 2.19. The van der Waals surface area contributed by atoms with Gasteiger partial charge in [0.05, 0.1) is 12.3 Å². The lowest BCUT2D eigenvalue weighted by Crippen LogP contribution is -2.09. The van der Waals surface area contributed by atoms with E-state index in [1.165, 1.54) is 18.2 Å². The molecule has 0 bridgehead atoms. The molecule has 0 aliphatic heterocycles. The number of hydrazine groups is 1. The predicted molar refractivity (Wildman–Crippen MR) is 57.3 cm³/mol. The zero-order chi connectivity index (χ0) is 12.2. The van der Waals surface area contributed by atoms with E-state index in [0.717, 1.165) is 0 Å². The molecule has 3 nitrogen and oxygen atoms in total. The maximum Gasteiger partial charge on any atom is 0.446 e. The molecular formula is C9H11F3N2OS. The Morgan fingerprint density at radius 1 is 1.44 bits per heavy atom. The molecule has 0 saturated carbocycles. The van der Waals surface area contributed by atoms with E-state index in [-0.39, 0.29) is 16.7 Å². The highest BCUT2D eigenvalue weighted by Gasteiger charge is 2.29. The highest BCUT2D eigenvalue weighted by Crippen LogP contribution is 2.39. The minimum atomic E-state index is -4.31. The molecule has 0 aliphatic carbocycles. The molecule has 0 heterocycles. The van der Waals surface area contributed by atoms with Gasteiger partial charge in [-0.2, -0.15) is 13.2 Å². The van der Waals surface area contributed by atoms with Gasteiger partial charge in [0.15, 0.2) is 0 Å². The number of halogens is 3. The number of hydrogen-bond acceptors (Lipinski definition) is 4. The third-order valence-electron chi connectivity index (χ3n) is 1.64. The number of benzene rings is 1. The van der Waals surface area contributed by atoms with Gasteiger partial charge in [-0.05, 0) is 36.9 Å². The van der Waals surface area contributed by atoms with Gasteiger partial charge in [0.1, 0.15) is 5.75 Å². The van der Waals surface area contributed by atoms with Crippen LogP contribution >= 0.6 is 11.8 Å². The third-order valence-corrected chi connectivity index (χ3v) is 2.36. The third kappa shape index (κ3) is 3.82. The van der Waals surface area contributed by atoms with Crippen LogP contribution in [-0.2, 0) is 0 Å². The molecule has 90 valence electrons. The average molecular weight is 252 g/mol. The molecule has 0 aliphatic rings. The summed E-state index contributed by atoms with van der Waals surface area (Å²) in [5.74, 6) is 5.62. The lowest BCUT2D eigenvalue weighted by Gasteiger charge is -2.12. The van der Waals surface area contributed by atoms with Crippen molar-refractivity contribution in [1.82, 2.24) is 0 Å². The van der Waals surface area contributed by atoms with E-state index in [2.05, 4.69) is 5.43 Å². The quantitative estimate of drug-likeness (QED) is 0.491. The SMILES string of the molecule is CCOc1ccc(SC(F)(F)F)cc1NN. The first-order valence-electron chi connectivity index (χ1n) is 4.45. The van der Waals surface area contributed by atoms with Crippen LogP contribution in [0.1, 0.15) is 6.92 Å². The molecular weight excluding hydrogens is 241 g/mol. The first-order chi connectivity index (χ1) is 7.46. The molecule has 0 fully saturated rings. The van der Waals surface area contributed by atoms with Gasteiger partial charge in [0, 0.05) is 4.90 Å². The van der Waals surface area contributed by atoms with Crippen LogP contribution in [-0.4, -0.2) is 12.1 Å². The predicted octanol–water partition coefficient (Wildman–Crippen LogP) is 2.98. The number of alkyl halides is 3. The Morgan fingerprint density at radius 3 is 2.62 bits per heavy atom. The van der Waals surface area contributed by atoms with Gasteiger partial charge in [-0.15, -0.1) is 0 Å². The Bertz CT molecular complexity index is 357. The van der Waals surface area contributed by atoms with Crippen molar-refractivity contribution in [3.8, 4) is 5.75 Å². The fourth-order valence-electron chi connectivity index (χ4n) is 1.10.